The van der Waals surface area contributed by atoms with Gasteiger partial charge < -0.3 is 9.84 Å². The molecule has 0 spiro atoms. The first kappa shape index (κ1) is 31.9. The Hall–Kier alpha value is -2.66. The van der Waals surface area contributed by atoms with Gasteiger partial charge in [0.25, 0.3) is 0 Å². The highest BCUT2D eigenvalue weighted by atomic mass is 35.5. The van der Waals surface area contributed by atoms with E-state index < -0.39 is 27.7 Å². The van der Waals surface area contributed by atoms with E-state index in [9.17, 15) is 31.1 Å². The minimum Gasteiger partial charge on any atom is -0.494 e. The van der Waals surface area contributed by atoms with Crippen LogP contribution in [0.15, 0.2) is 65.6 Å². The van der Waals surface area contributed by atoms with Gasteiger partial charge in [-0.25, -0.2) is 12.8 Å². The molecule has 0 radical (unpaired) electrons. The van der Waals surface area contributed by atoms with Crippen LogP contribution in [0.2, 0.25) is 5.02 Å². The number of hydrogen-bond donors (Lipinski definition) is 1. The van der Waals surface area contributed by atoms with E-state index in [2.05, 4.69) is 0 Å². The summed E-state index contributed by atoms with van der Waals surface area (Å²) in [5, 5.41) is 9.55. The molecule has 0 heterocycles. The Morgan fingerprint density at radius 2 is 1.73 bits per heavy atom. The number of sulfone groups is 1. The maximum Gasteiger partial charge on any atom is 0.417 e. The molecule has 0 bridgehead atoms. The Balaban J connectivity index is 1.75. The summed E-state index contributed by atoms with van der Waals surface area (Å²) in [6, 6.07) is 14.3. The molecule has 5 nitrogen and oxygen atoms in total. The minimum atomic E-state index is -4.58. The van der Waals surface area contributed by atoms with Crippen LogP contribution < -0.4 is 4.74 Å². The van der Waals surface area contributed by atoms with E-state index in [0.717, 1.165) is 17.9 Å². The van der Waals surface area contributed by atoms with Crippen molar-refractivity contribution in [2.45, 2.75) is 49.9 Å². The lowest BCUT2D eigenvalue weighted by atomic mass is 10.00. The molecule has 3 aromatic rings. The first-order valence-electron chi connectivity index (χ1n) is 12.6. The van der Waals surface area contributed by atoms with Crippen LogP contribution in [-0.2, 0) is 22.6 Å². The third kappa shape index (κ3) is 8.67. The molecule has 0 aromatic heterocycles. The van der Waals surface area contributed by atoms with E-state index in [1.165, 1.54) is 37.3 Å². The number of rotatable bonds is 12. The van der Waals surface area contributed by atoms with Crippen molar-refractivity contribution >= 4 is 21.4 Å². The average Bonchev–Trinajstić information content (AvgIpc) is 2.86. The zero-order valence-corrected chi connectivity index (χ0v) is 24.0. The smallest absolute Gasteiger partial charge is 0.417 e. The normalized spacial score (nSPS) is 13.8. The van der Waals surface area contributed by atoms with Crippen molar-refractivity contribution in [3.8, 4) is 5.75 Å². The Labute approximate surface area is 237 Å². The van der Waals surface area contributed by atoms with E-state index in [0.29, 0.717) is 30.8 Å². The van der Waals surface area contributed by atoms with Crippen LogP contribution in [0.5, 0.6) is 5.75 Å². The number of ether oxygens (including phenoxy) is 1. The molecular formula is C29H32ClF4NO4S. The molecule has 0 saturated carbocycles. The summed E-state index contributed by atoms with van der Waals surface area (Å²) in [7, 11) is -3.60. The number of benzene rings is 3. The highest BCUT2D eigenvalue weighted by molar-refractivity contribution is 7.90. The van der Waals surface area contributed by atoms with Gasteiger partial charge >= 0.3 is 6.18 Å². The van der Waals surface area contributed by atoms with Crippen LogP contribution >= 0.6 is 11.6 Å². The largest absolute Gasteiger partial charge is 0.494 e. The summed E-state index contributed by atoms with van der Waals surface area (Å²) < 4.78 is 83.8. The second-order valence-electron chi connectivity index (χ2n) is 9.81. The molecule has 0 saturated heterocycles. The van der Waals surface area contributed by atoms with E-state index in [4.69, 9.17) is 16.3 Å². The van der Waals surface area contributed by atoms with E-state index in [1.54, 1.807) is 24.3 Å². The summed E-state index contributed by atoms with van der Waals surface area (Å²) in [6.07, 6.45) is -4.03. The van der Waals surface area contributed by atoms with Gasteiger partial charge in [0.1, 0.15) is 11.6 Å². The lowest BCUT2D eigenvalue weighted by Gasteiger charge is -2.27. The molecule has 0 fully saturated rings. The molecule has 1 N–H and O–H groups in total. The van der Waals surface area contributed by atoms with Gasteiger partial charge in [-0.15, -0.1) is 0 Å². The molecule has 218 valence electrons. The highest BCUT2D eigenvalue weighted by Crippen LogP contribution is 2.37. The highest BCUT2D eigenvalue weighted by Gasteiger charge is 2.34. The van der Waals surface area contributed by atoms with Gasteiger partial charge in [0.15, 0.2) is 9.84 Å². The third-order valence-electron chi connectivity index (χ3n) is 6.47. The van der Waals surface area contributed by atoms with Crippen molar-refractivity contribution in [1.29, 1.82) is 0 Å². The number of halogens is 5. The van der Waals surface area contributed by atoms with Crippen molar-refractivity contribution < 1.29 is 35.8 Å². The summed E-state index contributed by atoms with van der Waals surface area (Å²) >= 11 is 6.16. The molecule has 3 rings (SSSR count). The Kier molecular flexibility index (Phi) is 10.6. The molecule has 2 unspecified atom stereocenters. The maximum atomic E-state index is 13.4. The summed E-state index contributed by atoms with van der Waals surface area (Å²) in [5.41, 5.74) is 0.581. The fraction of sp³-hybridized carbons (Fsp3) is 0.379. The van der Waals surface area contributed by atoms with Crippen LogP contribution in [0.25, 0.3) is 0 Å². The number of hydrogen-bond acceptors (Lipinski definition) is 5. The van der Waals surface area contributed by atoms with Crippen molar-refractivity contribution in [3.63, 3.8) is 0 Å². The number of alkyl halides is 3. The Morgan fingerprint density at radius 1 is 1.05 bits per heavy atom. The van der Waals surface area contributed by atoms with Crippen LogP contribution in [0, 0.1) is 5.82 Å². The van der Waals surface area contributed by atoms with Crippen LogP contribution in [0.1, 0.15) is 54.5 Å². The first-order chi connectivity index (χ1) is 18.7. The van der Waals surface area contributed by atoms with Crippen molar-refractivity contribution in [2.75, 3.05) is 26.0 Å². The fourth-order valence-corrected chi connectivity index (χ4v) is 5.72. The summed E-state index contributed by atoms with van der Waals surface area (Å²) in [4.78, 5) is 1.94. The monoisotopic (exact) mass is 601 g/mol. The third-order valence-corrected chi connectivity index (χ3v) is 8.07. The zero-order chi connectivity index (χ0) is 29.7. The Morgan fingerprint density at radius 3 is 2.33 bits per heavy atom. The minimum absolute atomic E-state index is 0.0195. The standard InChI is InChI=1S/C29H32ClF4NO4S/c1-19(21-8-10-23(31)11-9-21)17-35(18-22-6-4-7-26(28(22)30)29(32,33)34)14-5-15-39-24-12-13-25(20(2)36)27(16-24)40(3,37)38/h4,6-13,16,19-20,36H,5,14-15,17-18H2,1-3H3. The van der Waals surface area contributed by atoms with E-state index >= 15 is 0 Å². The van der Waals surface area contributed by atoms with Gasteiger partial charge in [-0.3, -0.25) is 4.90 Å². The lowest BCUT2D eigenvalue weighted by molar-refractivity contribution is -0.137. The van der Waals surface area contributed by atoms with Gasteiger partial charge in [-0.05, 0) is 66.3 Å². The average molecular weight is 602 g/mol. The summed E-state index contributed by atoms with van der Waals surface area (Å²) in [5.74, 6) is -0.102. The van der Waals surface area contributed by atoms with Gasteiger partial charge in [0, 0.05) is 25.9 Å². The second-order valence-corrected chi connectivity index (χ2v) is 12.2. The molecule has 11 heteroatoms. The SMILES string of the molecule is CC(O)c1ccc(OCCCN(Cc2cccc(C(F)(F)F)c2Cl)CC(C)c2ccc(F)cc2)cc1S(C)(=O)=O. The molecule has 0 aliphatic heterocycles. The molecule has 40 heavy (non-hydrogen) atoms. The van der Waals surface area contributed by atoms with Gasteiger partial charge in [-0.2, -0.15) is 13.2 Å². The zero-order valence-electron chi connectivity index (χ0n) is 22.4. The van der Waals surface area contributed by atoms with Crippen molar-refractivity contribution in [3.05, 3.63) is 93.8 Å². The van der Waals surface area contributed by atoms with Crippen LogP contribution in [0.4, 0.5) is 17.6 Å². The second kappa shape index (κ2) is 13.3. The van der Waals surface area contributed by atoms with Crippen molar-refractivity contribution in [2.24, 2.45) is 0 Å². The summed E-state index contributed by atoms with van der Waals surface area (Å²) in [6.45, 7) is 4.66. The van der Waals surface area contributed by atoms with Gasteiger partial charge in [-0.1, -0.05) is 48.9 Å². The quantitative estimate of drug-likeness (QED) is 0.178. The first-order valence-corrected chi connectivity index (χ1v) is 14.9. The molecule has 0 aliphatic carbocycles. The molecule has 0 amide bonds. The molecule has 2 atom stereocenters. The fourth-order valence-electron chi connectivity index (χ4n) is 4.43. The van der Waals surface area contributed by atoms with Gasteiger partial charge in [0.2, 0.25) is 0 Å². The van der Waals surface area contributed by atoms with Crippen molar-refractivity contribution in [1.82, 2.24) is 4.90 Å². The maximum absolute atomic E-state index is 13.4. The number of aliphatic hydroxyl groups excluding tert-OH is 1. The predicted molar refractivity (Wildman–Crippen MR) is 147 cm³/mol. The van der Waals surface area contributed by atoms with Gasteiger partial charge in [0.05, 0.1) is 28.2 Å². The van der Waals surface area contributed by atoms with E-state index in [-0.39, 0.29) is 40.4 Å². The lowest BCUT2D eigenvalue weighted by Crippen LogP contribution is -2.30. The van der Waals surface area contributed by atoms with E-state index in [1.807, 2.05) is 11.8 Å². The molecular weight excluding hydrogens is 570 g/mol. The predicted octanol–water partition coefficient (Wildman–Crippen LogP) is 7.03. The number of nitrogens with zero attached hydrogens (tertiary/aromatic N) is 1. The van der Waals surface area contributed by atoms with Crippen LogP contribution in [0.3, 0.4) is 0 Å². The topological polar surface area (TPSA) is 66.8 Å². The molecule has 3 aromatic carbocycles. The Bertz CT molecular complexity index is 1400. The molecule has 0 aliphatic rings. The number of aliphatic hydroxyl groups is 1. The van der Waals surface area contributed by atoms with Crippen LogP contribution in [-0.4, -0.2) is 44.4 Å².